The van der Waals surface area contributed by atoms with Crippen LogP contribution in [0.1, 0.15) is 5.56 Å². The van der Waals surface area contributed by atoms with Crippen LogP contribution < -0.4 is 0 Å². The molecule has 0 saturated heterocycles. The Bertz CT molecular complexity index is 993. The fraction of sp³-hybridized carbons (Fsp3) is 0.105. The molecule has 0 amide bonds. The van der Waals surface area contributed by atoms with Gasteiger partial charge < -0.3 is 4.57 Å². The van der Waals surface area contributed by atoms with Gasteiger partial charge in [0, 0.05) is 30.0 Å². The summed E-state index contributed by atoms with van der Waals surface area (Å²) in [6.45, 7) is 2.10. The molecule has 0 fully saturated rings. The van der Waals surface area contributed by atoms with Gasteiger partial charge in [-0.1, -0.05) is 53.6 Å². The van der Waals surface area contributed by atoms with Gasteiger partial charge in [-0.3, -0.25) is 4.40 Å². The van der Waals surface area contributed by atoms with E-state index in [9.17, 15) is 0 Å². The van der Waals surface area contributed by atoms with Gasteiger partial charge in [-0.25, -0.2) is 4.98 Å². The number of rotatable bonds is 2. The van der Waals surface area contributed by atoms with E-state index in [0.29, 0.717) is 0 Å². The van der Waals surface area contributed by atoms with Crippen LogP contribution in [-0.4, -0.2) is 14.0 Å². The Balaban J connectivity index is 1.81. The summed E-state index contributed by atoms with van der Waals surface area (Å²) in [6.07, 6.45) is 4.15. The lowest BCUT2D eigenvalue weighted by atomic mass is 10.1. The summed E-state index contributed by atoms with van der Waals surface area (Å²) < 4.78 is 4.17. The van der Waals surface area contributed by atoms with Crippen LogP contribution in [0.25, 0.3) is 28.3 Å². The van der Waals surface area contributed by atoms with Crippen molar-refractivity contribution in [2.45, 2.75) is 6.92 Å². The van der Waals surface area contributed by atoms with E-state index in [4.69, 9.17) is 16.6 Å². The minimum absolute atomic E-state index is 0.722. The highest BCUT2D eigenvalue weighted by atomic mass is 35.5. The Morgan fingerprint density at radius 2 is 1.74 bits per heavy atom. The van der Waals surface area contributed by atoms with Gasteiger partial charge in [0.05, 0.1) is 11.4 Å². The van der Waals surface area contributed by atoms with Crippen LogP contribution in [0.4, 0.5) is 0 Å². The second-order valence-corrected chi connectivity index (χ2v) is 6.22. The van der Waals surface area contributed by atoms with Gasteiger partial charge in [0.15, 0.2) is 0 Å². The number of halogens is 1. The van der Waals surface area contributed by atoms with E-state index in [2.05, 4.69) is 46.4 Å². The molecular weight excluding hydrogens is 306 g/mol. The maximum Gasteiger partial charge on any atom is 0.214 e. The van der Waals surface area contributed by atoms with Crippen molar-refractivity contribution in [3.63, 3.8) is 0 Å². The Hall–Kier alpha value is -2.52. The Morgan fingerprint density at radius 3 is 2.43 bits per heavy atom. The Kier molecular flexibility index (Phi) is 3.24. The van der Waals surface area contributed by atoms with Crippen LogP contribution in [-0.2, 0) is 7.05 Å². The lowest BCUT2D eigenvalue weighted by molar-refractivity contribution is 0.945. The molecule has 0 N–H and O–H groups in total. The average Bonchev–Trinajstić information content (AvgIpc) is 3.08. The maximum absolute atomic E-state index is 6.08. The number of hydrogen-bond donors (Lipinski definition) is 0. The first-order valence-electron chi connectivity index (χ1n) is 7.49. The molecule has 0 radical (unpaired) electrons. The maximum atomic E-state index is 6.08. The number of benzene rings is 2. The van der Waals surface area contributed by atoms with Crippen LogP contribution in [0, 0.1) is 6.92 Å². The van der Waals surface area contributed by atoms with Crippen LogP contribution in [0.15, 0.2) is 60.9 Å². The molecule has 4 rings (SSSR count). The molecule has 0 spiro atoms. The molecule has 0 atom stereocenters. The largest absolute Gasteiger partial charge is 0.313 e. The van der Waals surface area contributed by atoms with Crippen molar-refractivity contribution in [3.05, 3.63) is 71.5 Å². The van der Waals surface area contributed by atoms with Gasteiger partial charge in [-0.15, -0.1) is 0 Å². The first-order valence-corrected chi connectivity index (χ1v) is 7.87. The van der Waals surface area contributed by atoms with Gasteiger partial charge in [0.1, 0.15) is 0 Å². The summed E-state index contributed by atoms with van der Waals surface area (Å²) in [6, 6.07) is 16.3. The molecule has 0 bridgehead atoms. The first-order chi connectivity index (χ1) is 11.1. The summed E-state index contributed by atoms with van der Waals surface area (Å²) in [4.78, 5) is 4.75. The van der Waals surface area contributed by atoms with Crippen molar-refractivity contribution in [1.29, 1.82) is 0 Å². The third-order valence-electron chi connectivity index (χ3n) is 4.10. The number of nitrogens with zero attached hydrogens (tertiary/aromatic N) is 3. The molecule has 0 aliphatic carbocycles. The lowest BCUT2D eigenvalue weighted by Crippen LogP contribution is -1.92. The molecule has 114 valence electrons. The zero-order valence-corrected chi connectivity index (χ0v) is 13.7. The van der Waals surface area contributed by atoms with E-state index in [1.165, 1.54) is 11.1 Å². The SMILES string of the molecule is Cc1ccc(-c2cn3cc(-c4cccc(Cl)c4)nc3n2C)cc1. The second-order valence-electron chi connectivity index (χ2n) is 5.78. The van der Waals surface area contributed by atoms with E-state index in [1.54, 1.807) is 0 Å². The number of aromatic nitrogens is 3. The van der Waals surface area contributed by atoms with E-state index >= 15 is 0 Å². The van der Waals surface area contributed by atoms with Crippen LogP contribution in [0.5, 0.6) is 0 Å². The van der Waals surface area contributed by atoms with Crippen molar-refractivity contribution < 1.29 is 0 Å². The van der Waals surface area contributed by atoms with Crippen LogP contribution in [0.2, 0.25) is 5.02 Å². The number of aryl methyl sites for hydroxylation is 2. The molecule has 0 saturated carbocycles. The van der Waals surface area contributed by atoms with Crippen molar-refractivity contribution in [3.8, 4) is 22.5 Å². The van der Waals surface area contributed by atoms with Crippen molar-refractivity contribution in [2.75, 3.05) is 0 Å². The van der Waals surface area contributed by atoms with E-state index in [1.807, 2.05) is 37.5 Å². The highest BCUT2D eigenvalue weighted by Gasteiger charge is 2.12. The lowest BCUT2D eigenvalue weighted by Gasteiger charge is -2.03. The summed E-state index contributed by atoms with van der Waals surface area (Å²) >= 11 is 6.08. The minimum atomic E-state index is 0.722. The fourth-order valence-corrected chi connectivity index (χ4v) is 3.02. The van der Waals surface area contributed by atoms with Gasteiger partial charge in [0.2, 0.25) is 5.78 Å². The highest BCUT2D eigenvalue weighted by Crippen LogP contribution is 2.26. The zero-order valence-electron chi connectivity index (χ0n) is 13.0. The molecule has 2 aromatic carbocycles. The standard InChI is InChI=1S/C19H16ClN3/c1-13-6-8-14(9-7-13)18-12-23-11-17(21-19(23)22(18)2)15-4-3-5-16(20)10-15/h3-12H,1-2H3. The van der Waals surface area contributed by atoms with Gasteiger partial charge >= 0.3 is 0 Å². The topological polar surface area (TPSA) is 22.2 Å². The molecule has 3 nitrogen and oxygen atoms in total. The monoisotopic (exact) mass is 321 g/mol. The predicted molar refractivity (Wildman–Crippen MR) is 94.8 cm³/mol. The summed E-state index contributed by atoms with van der Waals surface area (Å²) in [5.74, 6) is 0.913. The fourth-order valence-electron chi connectivity index (χ4n) is 2.83. The second kappa shape index (κ2) is 5.28. The minimum Gasteiger partial charge on any atom is -0.313 e. The number of hydrogen-bond acceptors (Lipinski definition) is 1. The Labute approximate surface area is 139 Å². The third-order valence-corrected chi connectivity index (χ3v) is 4.34. The van der Waals surface area contributed by atoms with Crippen molar-refractivity contribution in [2.24, 2.45) is 7.05 Å². The number of fused-ring (bicyclic) bond motifs is 1. The molecule has 4 aromatic rings. The average molecular weight is 322 g/mol. The summed E-state index contributed by atoms with van der Waals surface area (Å²) in [7, 11) is 2.04. The third kappa shape index (κ3) is 2.43. The van der Waals surface area contributed by atoms with Crippen molar-refractivity contribution >= 4 is 17.4 Å². The number of imidazole rings is 2. The van der Waals surface area contributed by atoms with Gasteiger partial charge in [-0.2, -0.15) is 0 Å². The zero-order chi connectivity index (χ0) is 16.0. The predicted octanol–water partition coefficient (Wildman–Crippen LogP) is 4.97. The van der Waals surface area contributed by atoms with E-state index in [0.717, 1.165) is 27.8 Å². The smallest absolute Gasteiger partial charge is 0.214 e. The van der Waals surface area contributed by atoms with E-state index < -0.39 is 0 Å². The normalized spacial score (nSPS) is 11.3. The summed E-state index contributed by atoms with van der Waals surface area (Å²) in [5.41, 5.74) is 5.54. The van der Waals surface area contributed by atoms with E-state index in [-0.39, 0.29) is 0 Å². The molecule has 0 aliphatic rings. The molecule has 23 heavy (non-hydrogen) atoms. The Morgan fingerprint density at radius 1 is 0.957 bits per heavy atom. The first kappa shape index (κ1) is 14.1. The highest BCUT2D eigenvalue weighted by molar-refractivity contribution is 6.30. The van der Waals surface area contributed by atoms with Gasteiger partial charge in [0.25, 0.3) is 0 Å². The molecule has 0 unspecified atom stereocenters. The molecular formula is C19H16ClN3. The summed E-state index contributed by atoms with van der Waals surface area (Å²) in [5, 5.41) is 0.722. The molecule has 2 heterocycles. The van der Waals surface area contributed by atoms with Crippen LogP contribution in [0.3, 0.4) is 0 Å². The molecule has 4 heteroatoms. The van der Waals surface area contributed by atoms with Crippen LogP contribution >= 0.6 is 11.6 Å². The molecule has 0 aliphatic heterocycles. The molecule has 2 aromatic heterocycles. The quantitative estimate of drug-likeness (QED) is 0.511. The van der Waals surface area contributed by atoms with Gasteiger partial charge in [-0.05, 0) is 24.6 Å². The van der Waals surface area contributed by atoms with Crippen molar-refractivity contribution in [1.82, 2.24) is 14.0 Å².